The van der Waals surface area contributed by atoms with Crippen molar-refractivity contribution in [3.05, 3.63) is 51.8 Å². The number of H-pyrrole nitrogens is 1. The van der Waals surface area contributed by atoms with E-state index in [1.807, 2.05) is 6.07 Å². The highest BCUT2D eigenvalue weighted by atomic mass is 79.9. The third-order valence-electron chi connectivity index (χ3n) is 2.76. The summed E-state index contributed by atoms with van der Waals surface area (Å²) in [6, 6.07) is 6.99. The van der Waals surface area contributed by atoms with Gasteiger partial charge in [0.25, 0.3) is 5.91 Å². The van der Waals surface area contributed by atoms with Crippen LogP contribution in [-0.4, -0.2) is 21.1 Å². The molecule has 0 aliphatic carbocycles. The van der Waals surface area contributed by atoms with Crippen molar-refractivity contribution in [3.63, 3.8) is 0 Å². The van der Waals surface area contributed by atoms with Gasteiger partial charge in [0.05, 0.1) is 17.4 Å². The number of carbonyl (C=O) groups excluding carboxylic acids is 1. The van der Waals surface area contributed by atoms with Crippen molar-refractivity contribution in [1.29, 1.82) is 0 Å². The van der Waals surface area contributed by atoms with E-state index < -0.39 is 0 Å². The summed E-state index contributed by atoms with van der Waals surface area (Å²) in [5.41, 5.74) is 1.77. The summed E-state index contributed by atoms with van der Waals surface area (Å²) in [6.07, 6.45) is 3.26. The topological polar surface area (TPSA) is 70.7 Å². The highest BCUT2D eigenvalue weighted by Crippen LogP contribution is 2.24. The van der Waals surface area contributed by atoms with Gasteiger partial charge in [0, 0.05) is 21.6 Å². The Kier molecular flexibility index (Phi) is 3.42. The predicted molar refractivity (Wildman–Crippen MR) is 81.0 cm³/mol. The number of anilines is 1. The second-order valence-electron chi connectivity index (χ2n) is 4.12. The number of pyridine rings is 1. The molecule has 0 saturated heterocycles. The first kappa shape index (κ1) is 13.1. The molecule has 20 heavy (non-hydrogen) atoms. The molecular weight excluding hydrogens is 344 g/mol. The van der Waals surface area contributed by atoms with Crippen LogP contribution in [0, 0.1) is 0 Å². The molecule has 2 N–H and O–H groups in total. The molecule has 0 unspecified atom stereocenters. The highest BCUT2D eigenvalue weighted by molar-refractivity contribution is 9.10. The molecule has 100 valence electrons. The molecule has 7 heteroatoms. The normalized spacial score (nSPS) is 10.7. The lowest BCUT2D eigenvalue weighted by molar-refractivity contribution is 0.102. The van der Waals surface area contributed by atoms with Gasteiger partial charge in [-0.3, -0.25) is 9.89 Å². The third-order valence-corrected chi connectivity index (χ3v) is 3.49. The second kappa shape index (κ2) is 5.22. The smallest absolute Gasteiger partial charge is 0.255 e. The minimum absolute atomic E-state index is 0.240. The van der Waals surface area contributed by atoms with Gasteiger partial charge in [-0.2, -0.15) is 5.10 Å². The van der Waals surface area contributed by atoms with Crippen LogP contribution in [0.15, 0.2) is 41.1 Å². The Morgan fingerprint density at radius 3 is 3.00 bits per heavy atom. The number of fused-ring (bicyclic) bond motifs is 1. The van der Waals surface area contributed by atoms with Crippen molar-refractivity contribution in [3.8, 4) is 0 Å². The van der Waals surface area contributed by atoms with Gasteiger partial charge in [0.2, 0.25) is 0 Å². The fraction of sp³-hybridized carbons (Fsp3) is 0. The van der Waals surface area contributed by atoms with Crippen molar-refractivity contribution < 1.29 is 4.79 Å². The van der Waals surface area contributed by atoms with Crippen molar-refractivity contribution in [2.24, 2.45) is 0 Å². The van der Waals surface area contributed by atoms with Gasteiger partial charge < -0.3 is 5.32 Å². The van der Waals surface area contributed by atoms with E-state index in [-0.39, 0.29) is 11.1 Å². The maximum Gasteiger partial charge on any atom is 0.255 e. The fourth-order valence-corrected chi connectivity index (χ4v) is 2.26. The largest absolute Gasteiger partial charge is 0.319 e. The maximum atomic E-state index is 12.2. The van der Waals surface area contributed by atoms with Crippen molar-refractivity contribution in [2.75, 3.05) is 5.32 Å². The number of aromatic nitrogens is 3. The summed E-state index contributed by atoms with van der Waals surface area (Å²) >= 11 is 9.23. The molecule has 2 aromatic heterocycles. The Balaban J connectivity index is 1.90. The molecule has 0 saturated carbocycles. The number of benzene rings is 1. The standard InChI is InChI=1S/C13H8BrClN4O/c14-9-4-11(12(15)16-6-9)18-13(20)7-1-2-8-5-17-19-10(8)3-7/h1-6H,(H,17,19)(H,18,20). The van der Waals surface area contributed by atoms with Crippen LogP contribution in [0.5, 0.6) is 0 Å². The Labute approximate surface area is 127 Å². The maximum absolute atomic E-state index is 12.2. The van der Waals surface area contributed by atoms with E-state index >= 15 is 0 Å². The molecule has 0 fully saturated rings. The van der Waals surface area contributed by atoms with Gasteiger partial charge in [-0.15, -0.1) is 0 Å². The molecule has 0 atom stereocenters. The minimum atomic E-state index is -0.261. The third kappa shape index (κ3) is 2.52. The van der Waals surface area contributed by atoms with E-state index in [0.717, 1.165) is 15.4 Å². The lowest BCUT2D eigenvalue weighted by Gasteiger charge is -2.07. The lowest BCUT2D eigenvalue weighted by Crippen LogP contribution is -2.12. The summed E-state index contributed by atoms with van der Waals surface area (Å²) in [6.45, 7) is 0. The summed E-state index contributed by atoms with van der Waals surface area (Å²) in [5.74, 6) is -0.261. The molecule has 0 radical (unpaired) electrons. The van der Waals surface area contributed by atoms with E-state index in [9.17, 15) is 4.79 Å². The first-order valence-corrected chi connectivity index (χ1v) is 6.86. The van der Waals surface area contributed by atoms with Gasteiger partial charge in [0.15, 0.2) is 5.15 Å². The van der Waals surface area contributed by atoms with Crippen molar-refractivity contribution in [1.82, 2.24) is 15.2 Å². The molecule has 0 spiro atoms. The first-order valence-electron chi connectivity index (χ1n) is 5.69. The number of carbonyl (C=O) groups is 1. The number of amides is 1. The molecule has 2 heterocycles. The number of rotatable bonds is 2. The molecule has 3 aromatic rings. The summed E-state index contributed by atoms with van der Waals surface area (Å²) in [7, 11) is 0. The van der Waals surface area contributed by atoms with Crippen molar-refractivity contribution in [2.45, 2.75) is 0 Å². The number of halogens is 2. The van der Waals surface area contributed by atoms with Crippen LogP contribution in [0.4, 0.5) is 5.69 Å². The van der Waals surface area contributed by atoms with E-state index in [4.69, 9.17) is 11.6 Å². The highest BCUT2D eigenvalue weighted by Gasteiger charge is 2.10. The van der Waals surface area contributed by atoms with Gasteiger partial charge in [-0.1, -0.05) is 17.7 Å². The zero-order chi connectivity index (χ0) is 14.1. The van der Waals surface area contributed by atoms with Crippen LogP contribution in [0.2, 0.25) is 5.15 Å². The van der Waals surface area contributed by atoms with Crippen LogP contribution in [0.3, 0.4) is 0 Å². The molecule has 1 amide bonds. The fourth-order valence-electron chi connectivity index (χ4n) is 1.78. The van der Waals surface area contributed by atoms with E-state index in [0.29, 0.717) is 11.3 Å². The second-order valence-corrected chi connectivity index (χ2v) is 5.39. The quantitative estimate of drug-likeness (QED) is 0.693. The Bertz CT molecular complexity index is 802. The van der Waals surface area contributed by atoms with Crippen molar-refractivity contribution >= 4 is 50.0 Å². The molecule has 0 aliphatic rings. The zero-order valence-corrected chi connectivity index (χ0v) is 12.4. The van der Waals surface area contributed by atoms with E-state index in [1.165, 1.54) is 0 Å². The summed E-state index contributed by atoms with van der Waals surface area (Å²) in [5, 5.41) is 10.7. The summed E-state index contributed by atoms with van der Waals surface area (Å²) < 4.78 is 0.737. The minimum Gasteiger partial charge on any atom is -0.319 e. The van der Waals surface area contributed by atoms with E-state index in [1.54, 1.807) is 30.6 Å². The van der Waals surface area contributed by atoms with Gasteiger partial charge >= 0.3 is 0 Å². The van der Waals surface area contributed by atoms with E-state index in [2.05, 4.69) is 36.4 Å². The number of hydrogen-bond donors (Lipinski definition) is 2. The lowest BCUT2D eigenvalue weighted by atomic mass is 10.1. The van der Waals surface area contributed by atoms with Gasteiger partial charge in [-0.25, -0.2) is 4.98 Å². The molecule has 1 aromatic carbocycles. The first-order chi connectivity index (χ1) is 9.63. The molecule has 0 bridgehead atoms. The van der Waals surface area contributed by atoms with Gasteiger partial charge in [0.1, 0.15) is 0 Å². The summed E-state index contributed by atoms with van der Waals surface area (Å²) in [4.78, 5) is 16.2. The Morgan fingerprint density at radius 1 is 1.30 bits per heavy atom. The molecule has 5 nitrogen and oxygen atoms in total. The average molecular weight is 352 g/mol. The van der Waals surface area contributed by atoms with Gasteiger partial charge in [-0.05, 0) is 34.1 Å². The van der Waals surface area contributed by atoms with Crippen LogP contribution < -0.4 is 5.32 Å². The SMILES string of the molecule is O=C(Nc1cc(Br)cnc1Cl)c1ccc2cn[nH]c2c1. The van der Waals surface area contributed by atoms with Crippen LogP contribution in [-0.2, 0) is 0 Å². The average Bonchev–Trinajstić information content (AvgIpc) is 2.90. The predicted octanol–water partition coefficient (Wildman–Crippen LogP) is 3.63. The Morgan fingerprint density at radius 2 is 2.15 bits per heavy atom. The number of nitrogens with zero attached hydrogens (tertiary/aromatic N) is 2. The monoisotopic (exact) mass is 350 g/mol. The number of aromatic amines is 1. The molecule has 0 aliphatic heterocycles. The van der Waals surface area contributed by atoms with Crippen LogP contribution >= 0.6 is 27.5 Å². The zero-order valence-electron chi connectivity index (χ0n) is 10.0. The van der Waals surface area contributed by atoms with Crippen LogP contribution in [0.1, 0.15) is 10.4 Å². The molecular formula is C13H8BrClN4O. The Hall–Kier alpha value is -1.92. The number of hydrogen-bond acceptors (Lipinski definition) is 3. The molecule has 3 rings (SSSR count). The van der Waals surface area contributed by atoms with Crippen LogP contribution in [0.25, 0.3) is 10.9 Å². The number of nitrogens with one attached hydrogen (secondary N) is 2.